The molecule has 0 aromatic heterocycles. The fourth-order valence-electron chi connectivity index (χ4n) is 6.46. The highest BCUT2D eigenvalue weighted by molar-refractivity contribution is 5.10. The molecule has 0 saturated heterocycles. The van der Waals surface area contributed by atoms with Crippen LogP contribution in [0.1, 0.15) is 45.4 Å². The lowest BCUT2D eigenvalue weighted by atomic mass is 9.67. The first-order valence-corrected chi connectivity index (χ1v) is 8.25. The fraction of sp³-hybridized carbons (Fsp3) is 1.00. The molecule has 19 heavy (non-hydrogen) atoms. The highest BCUT2D eigenvalue weighted by Gasteiger charge is 2.61. The van der Waals surface area contributed by atoms with Crippen LogP contribution in [0.25, 0.3) is 0 Å². The van der Waals surface area contributed by atoms with Crippen LogP contribution in [0, 0.1) is 41.4 Å². The van der Waals surface area contributed by atoms with E-state index in [4.69, 9.17) is 10.6 Å². The Morgan fingerprint density at radius 1 is 1.05 bits per heavy atom. The van der Waals surface area contributed by atoms with Gasteiger partial charge >= 0.3 is 0 Å². The van der Waals surface area contributed by atoms with Crippen LogP contribution in [0.3, 0.4) is 0 Å². The molecule has 4 fully saturated rings. The lowest BCUT2D eigenvalue weighted by molar-refractivity contribution is -0.136. The van der Waals surface area contributed by atoms with Gasteiger partial charge in [0.05, 0.1) is 6.61 Å². The summed E-state index contributed by atoms with van der Waals surface area (Å²) in [6, 6.07) is 0. The highest BCUT2D eigenvalue weighted by atomic mass is 16.7. The molecule has 3 heteroatoms. The van der Waals surface area contributed by atoms with Gasteiger partial charge in [-0.25, -0.2) is 5.90 Å². The number of ether oxygens (including phenoxy) is 1. The standard InChI is InChI=1S/C16H27NO2/c1-9(19-17)18-5-4-10-6-13-8-14(10)16-12-3-2-11(7-12)15(13)16/h9-16H,2-8,17H2,1H3. The topological polar surface area (TPSA) is 44.5 Å². The van der Waals surface area contributed by atoms with Crippen molar-refractivity contribution in [2.45, 2.75) is 51.7 Å². The van der Waals surface area contributed by atoms with Gasteiger partial charge in [0.2, 0.25) is 0 Å². The number of hydrogen-bond donors (Lipinski definition) is 1. The summed E-state index contributed by atoms with van der Waals surface area (Å²) in [6.45, 7) is 2.69. The Bertz CT molecular complexity index is 348. The molecule has 8 unspecified atom stereocenters. The Hall–Kier alpha value is -0.120. The van der Waals surface area contributed by atoms with Crippen molar-refractivity contribution >= 4 is 0 Å². The average Bonchev–Trinajstić information content (AvgIpc) is 3.16. The van der Waals surface area contributed by atoms with Gasteiger partial charge in [-0.3, -0.25) is 4.84 Å². The Balaban J connectivity index is 1.35. The predicted molar refractivity (Wildman–Crippen MR) is 72.8 cm³/mol. The monoisotopic (exact) mass is 265 g/mol. The summed E-state index contributed by atoms with van der Waals surface area (Å²) < 4.78 is 5.59. The van der Waals surface area contributed by atoms with Gasteiger partial charge < -0.3 is 4.74 Å². The largest absolute Gasteiger partial charge is 0.351 e. The van der Waals surface area contributed by atoms with Gasteiger partial charge in [-0.1, -0.05) is 0 Å². The minimum absolute atomic E-state index is 0.256. The van der Waals surface area contributed by atoms with Crippen molar-refractivity contribution in [3.8, 4) is 0 Å². The summed E-state index contributed by atoms with van der Waals surface area (Å²) >= 11 is 0. The van der Waals surface area contributed by atoms with Gasteiger partial charge in [-0.05, 0) is 86.9 Å². The van der Waals surface area contributed by atoms with Gasteiger partial charge in [0.1, 0.15) is 0 Å². The normalized spacial score (nSPS) is 51.8. The lowest BCUT2D eigenvalue weighted by Gasteiger charge is -2.38. The van der Waals surface area contributed by atoms with Crippen molar-refractivity contribution in [2.75, 3.05) is 6.61 Å². The van der Waals surface area contributed by atoms with Gasteiger partial charge in [0.15, 0.2) is 6.29 Å². The summed E-state index contributed by atoms with van der Waals surface area (Å²) in [7, 11) is 0. The van der Waals surface area contributed by atoms with E-state index in [9.17, 15) is 0 Å². The van der Waals surface area contributed by atoms with E-state index in [2.05, 4.69) is 4.84 Å². The van der Waals surface area contributed by atoms with Crippen molar-refractivity contribution in [3.05, 3.63) is 0 Å². The average molecular weight is 265 g/mol. The molecule has 0 heterocycles. The van der Waals surface area contributed by atoms with Gasteiger partial charge in [-0.2, -0.15) is 0 Å². The van der Waals surface area contributed by atoms with E-state index in [1.807, 2.05) is 6.92 Å². The minimum Gasteiger partial charge on any atom is -0.351 e. The van der Waals surface area contributed by atoms with Crippen LogP contribution in [0.4, 0.5) is 0 Å². The molecule has 0 radical (unpaired) electrons. The summed E-state index contributed by atoms with van der Waals surface area (Å²) in [5, 5.41) is 0. The first kappa shape index (κ1) is 12.6. The van der Waals surface area contributed by atoms with E-state index >= 15 is 0 Å². The summed E-state index contributed by atoms with van der Waals surface area (Å²) in [4.78, 5) is 4.66. The SMILES string of the molecule is CC(ON)OCCC1CC2CC1C1C3CCC(C3)C21. The van der Waals surface area contributed by atoms with Crippen LogP contribution in [0.15, 0.2) is 0 Å². The molecule has 4 aliphatic rings. The fourth-order valence-corrected chi connectivity index (χ4v) is 6.46. The quantitative estimate of drug-likeness (QED) is 0.472. The molecule has 2 N–H and O–H groups in total. The molecular formula is C16H27NO2. The van der Waals surface area contributed by atoms with Crippen LogP contribution in [-0.2, 0) is 9.57 Å². The molecule has 108 valence electrons. The van der Waals surface area contributed by atoms with Gasteiger partial charge in [0.25, 0.3) is 0 Å². The number of rotatable bonds is 5. The zero-order valence-corrected chi connectivity index (χ0v) is 12.0. The second kappa shape index (κ2) is 4.71. The van der Waals surface area contributed by atoms with Gasteiger partial charge in [-0.15, -0.1) is 0 Å². The number of nitrogens with two attached hydrogens (primary N) is 1. The van der Waals surface area contributed by atoms with E-state index in [1.54, 1.807) is 12.8 Å². The molecule has 4 bridgehead atoms. The lowest BCUT2D eigenvalue weighted by Crippen LogP contribution is -2.33. The maximum Gasteiger partial charge on any atom is 0.174 e. The highest BCUT2D eigenvalue weighted by Crippen LogP contribution is 2.69. The van der Waals surface area contributed by atoms with Crippen LogP contribution >= 0.6 is 0 Å². The molecule has 0 aromatic carbocycles. The van der Waals surface area contributed by atoms with Crippen LogP contribution in [-0.4, -0.2) is 12.9 Å². The van der Waals surface area contributed by atoms with Crippen molar-refractivity contribution in [3.63, 3.8) is 0 Å². The third-order valence-electron chi connectivity index (χ3n) is 6.90. The van der Waals surface area contributed by atoms with Crippen molar-refractivity contribution in [1.29, 1.82) is 0 Å². The van der Waals surface area contributed by atoms with E-state index in [0.717, 1.165) is 48.0 Å². The third kappa shape index (κ3) is 1.89. The van der Waals surface area contributed by atoms with Crippen LogP contribution in [0.2, 0.25) is 0 Å². The second-order valence-electron chi connectivity index (χ2n) is 7.51. The minimum atomic E-state index is -0.256. The first-order chi connectivity index (χ1) is 9.28. The maximum atomic E-state index is 5.59. The summed E-state index contributed by atoms with van der Waals surface area (Å²) in [6.07, 6.45) is 8.64. The third-order valence-corrected chi connectivity index (χ3v) is 6.90. The Morgan fingerprint density at radius 2 is 1.84 bits per heavy atom. The van der Waals surface area contributed by atoms with Crippen molar-refractivity contribution in [1.82, 2.24) is 0 Å². The zero-order valence-electron chi connectivity index (χ0n) is 12.0. The van der Waals surface area contributed by atoms with E-state index < -0.39 is 0 Å². The Labute approximate surface area is 116 Å². The molecular weight excluding hydrogens is 238 g/mol. The molecule has 4 rings (SSSR count). The second-order valence-corrected chi connectivity index (χ2v) is 7.51. The predicted octanol–water partition coefficient (Wildman–Crippen LogP) is 2.95. The van der Waals surface area contributed by atoms with Crippen molar-refractivity contribution in [2.24, 2.45) is 47.3 Å². The molecule has 4 saturated carbocycles. The number of hydrogen-bond acceptors (Lipinski definition) is 3. The van der Waals surface area contributed by atoms with Gasteiger partial charge in [0, 0.05) is 0 Å². The molecule has 8 atom stereocenters. The zero-order chi connectivity index (χ0) is 13.0. The van der Waals surface area contributed by atoms with Crippen LogP contribution in [0.5, 0.6) is 0 Å². The van der Waals surface area contributed by atoms with Crippen molar-refractivity contribution < 1.29 is 9.57 Å². The molecule has 0 aliphatic heterocycles. The molecule has 3 nitrogen and oxygen atoms in total. The first-order valence-electron chi connectivity index (χ1n) is 8.25. The maximum absolute atomic E-state index is 5.59. The van der Waals surface area contributed by atoms with E-state index in [1.165, 1.54) is 25.7 Å². The molecule has 0 spiro atoms. The Kier molecular flexibility index (Phi) is 3.13. The molecule has 0 aromatic rings. The summed E-state index contributed by atoms with van der Waals surface area (Å²) in [5.74, 6) is 12.6. The molecule has 0 amide bonds. The summed E-state index contributed by atoms with van der Waals surface area (Å²) in [5.41, 5.74) is 0. The van der Waals surface area contributed by atoms with Crippen LogP contribution < -0.4 is 5.90 Å². The van der Waals surface area contributed by atoms with E-state index in [-0.39, 0.29) is 6.29 Å². The smallest absolute Gasteiger partial charge is 0.174 e. The Morgan fingerprint density at radius 3 is 2.63 bits per heavy atom. The molecule has 4 aliphatic carbocycles. The number of fused-ring (bicyclic) bond motifs is 9. The van der Waals surface area contributed by atoms with E-state index in [0.29, 0.717) is 0 Å².